The van der Waals surface area contributed by atoms with Crippen molar-refractivity contribution in [2.24, 2.45) is 10.7 Å². The number of H-pyrrole nitrogens is 1. The van der Waals surface area contributed by atoms with E-state index in [0.717, 1.165) is 9.08 Å². The summed E-state index contributed by atoms with van der Waals surface area (Å²) in [4.78, 5) is 30.0. The van der Waals surface area contributed by atoms with E-state index in [9.17, 15) is 9.59 Å². The molecule has 1 atom stereocenters. The van der Waals surface area contributed by atoms with Crippen LogP contribution in [-0.2, 0) is 4.79 Å². The van der Waals surface area contributed by atoms with Gasteiger partial charge >= 0.3 is 0 Å². The number of nitrogens with zero attached hydrogens (tertiary/aromatic N) is 1. The fourth-order valence-corrected chi connectivity index (χ4v) is 2.44. The molecule has 0 aliphatic carbocycles. The summed E-state index contributed by atoms with van der Waals surface area (Å²) in [5.74, 6) is -0.230. The maximum Gasteiger partial charge on any atom is 0.267 e. The third-order valence-electron chi connectivity index (χ3n) is 2.76. The molecule has 108 valence electrons. The van der Waals surface area contributed by atoms with Crippen LogP contribution in [-0.4, -0.2) is 35.3 Å². The minimum Gasteiger partial charge on any atom is -0.370 e. The number of nitrogens with two attached hydrogens (primary N) is 1. The van der Waals surface area contributed by atoms with E-state index in [1.165, 1.54) is 0 Å². The van der Waals surface area contributed by atoms with Crippen LogP contribution in [0.4, 0.5) is 0 Å². The number of carbonyl (C=O) groups excluding carboxylic acids is 2. The van der Waals surface area contributed by atoms with Gasteiger partial charge in [0.25, 0.3) is 11.8 Å². The van der Waals surface area contributed by atoms with Crippen molar-refractivity contribution in [3.63, 3.8) is 0 Å². The van der Waals surface area contributed by atoms with Crippen LogP contribution in [0.5, 0.6) is 0 Å². The van der Waals surface area contributed by atoms with E-state index in [4.69, 9.17) is 5.73 Å². The molecule has 1 aromatic heterocycles. The van der Waals surface area contributed by atoms with Crippen molar-refractivity contribution in [2.75, 3.05) is 6.54 Å². The number of aromatic nitrogens is 1. The molecule has 0 spiro atoms. The van der Waals surface area contributed by atoms with Crippen LogP contribution in [0, 0.1) is 0 Å². The molecular formula is C11H13Br2N5O2. The first-order valence-electron chi connectivity index (χ1n) is 5.93. The molecule has 5 N–H and O–H groups in total. The summed E-state index contributed by atoms with van der Waals surface area (Å²) in [6.07, 6.45) is 1.19. The second-order valence-corrected chi connectivity index (χ2v) is 5.91. The second kappa shape index (κ2) is 6.40. The van der Waals surface area contributed by atoms with E-state index in [-0.39, 0.29) is 17.8 Å². The topological polar surface area (TPSA) is 112 Å². The van der Waals surface area contributed by atoms with E-state index in [1.807, 2.05) is 0 Å². The Kier molecular flexibility index (Phi) is 4.81. The van der Waals surface area contributed by atoms with Gasteiger partial charge in [-0.3, -0.25) is 14.9 Å². The van der Waals surface area contributed by atoms with E-state index >= 15 is 0 Å². The molecule has 0 bridgehead atoms. The van der Waals surface area contributed by atoms with Crippen molar-refractivity contribution in [3.05, 3.63) is 20.8 Å². The monoisotopic (exact) mass is 405 g/mol. The number of aromatic amines is 1. The Morgan fingerprint density at radius 3 is 2.80 bits per heavy atom. The number of rotatable bonds is 5. The molecule has 2 heterocycles. The van der Waals surface area contributed by atoms with Gasteiger partial charge in [-0.15, -0.1) is 0 Å². The van der Waals surface area contributed by atoms with E-state index in [2.05, 4.69) is 52.5 Å². The molecule has 1 aliphatic rings. The highest BCUT2D eigenvalue weighted by Gasteiger charge is 2.24. The predicted octanol–water partition coefficient (Wildman–Crippen LogP) is 0.863. The molecule has 7 nitrogen and oxygen atoms in total. The fraction of sp³-hybridized carbons (Fsp3) is 0.364. The highest BCUT2D eigenvalue weighted by Crippen LogP contribution is 2.22. The molecule has 2 rings (SSSR count). The summed E-state index contributed by atoms with van der Waals surface area (Å²) in [7, 11) is 0. The summed E-state index contributed by atoms with van der Waals surface area (Å²) in [6, 6.07) is 1.25. The number of amides is 2. The van der Waals surface area contributed by atoms with E-state index in [0.29, 0.717) is 25.1 Å². The lowest BCUT2D eigenvalue weighted by Gasteiger charge is -2.05. The number of guanidine groups is 1. The van der Waals surface area contributed by atoms with Crippen molar-refractivity contribution >= 4 is 49.6 Å². The summed E-state index contributed by atoms with van der Waals surface area (Å²) >= 11 is 6.56. The maximum absolute atomic E-state index is 11.8. The van der Waals surface area contributed by atoms with Gasteiger partial charge in [-0.25, -0.2) is 4.99 Å². The van der Waals surface area contributed by atoms with Gasteiger partial charge in [0.1, 0.15) is 11.7 Å². The lowest BCUT2D eigenvalue weighted by atomic mass is 10.1. The minimum absolute atomic E-state index is 0.158. The third kappa shape index (κ3) is 3.60. The van der Waals surface area contributed by atoms with Gasteiger partial charge in [0.05, 0.1) is 9.08 Å². The fourth-order valence-electron chi connectivity index (χ4n) is 1.78. The Bertz CT molecular complexity index is 550. The summed E-state index contributed by atoms with van der Waals surface area (Å²) in [5, 5.41) is 5.20. The van der Waals surface area contributed by atoms with Crippen LogP contribution in [0.1, 0.15) is 23.3 Å². The molecule has 20 heavy (non-hydrogen) atoms. The number of hydrogen-bond donors (Lipinski definition) is 4. The molecule has 9 heteroatoms. The van der Waals surface area contributed by atoms with Gasteiger partial charge in [-0.05, 0) is 50.8 Å². The molecule has 0 saturated heterocycles. The third-order valence-corrected chi connectivity index (χ3v) is 4.54. The van der Waals surface area contributed by atoms with Gasteiger partial charge in [-0.2, -0.15) is 0 Å². The molecule has 1 unspecified atom stereocenters. The zero-order chi connectivity index (χ0) is 14.7. The highest BCUT2D eigenvalue weighted by atomic mass is 79.9. The molecule has 1 aliphatic heterocycles. The van der Waals surface area contributed by atoms with Crippen molar-refractivity contribution in [3.8, 4) is 0 Å². The Morgan fingerprint density at radius 1 is 1.50 bits per heavy atom. The van der Waals surface area contributed by atoms with Crippen molar-refractivity contribution in [1.29, 1.82) is 0 Å². The van der Waals surface area contributed by atoms with Crippen molar-refractivity contribution < 1.29 is 9.59 Å². The Labute approximate surface area is 132 Å². The normalized spacial score (nSPS) is 17.8. The van der Waals surface area contributed by atoms with Crippen molar-refractivity contribution in [2.45, 2.75) is 18.9 Å². The summed E-state index contributed by atoms with van der Waals surface area (Å²) in [5.41, 5.74) is 5.86. The van der Waals surface area contributed by atoms with Crippen LogP contribution >= 0.6 is 31.9 Å². The molecular weight excluding hydrogens is 394 g/mol. The first-order valence-corrected chi connectivity index (χ1v) is 7.52. The quantitative estimate of drug-likeness (QED) is 0.544. The number of hydrogen-bond acceptors (Lipinski definition) is 4. The SMILES string of the molecule is NC1=NC(CCCNC(=O)c2cc(Br)c(Br)[nH]2)C(=O)N1. The summed E-state index contributed by atoms with van der Waals surface area (Å²) in [6.45, 7) is 0.465. The first-order chi connectivity index (χ1) is 9.47. The van der Waals surface area contributed by atoms with Crippen molar-refractivity contribution in [1.82, 2.24) is 15.6 Å². The molecule has 2 amide bonds. The number of aliphatic imine (C=N–C) groups is 1. The second-order valence-electron chi connectivity index (χ2n) is 4.26. The zero-order valence-electron chi connectivity index (χ0n) is 10.4. The number of nitrogens with one attached hydrogen (secondary N) is 3. The Morgan fingerprint density at radius 2 is 2.25 bits per heavy atom. The zero-order valence-corrected chi connectivity index (χ0v) is 13.5. The van der Waals surface area contributed by atoms with Gasteiger partial charge in [-0.1, -0.05) is 0 Å². The van der Waals surface area contributed by atoms with Gasteiger partial charge in [0.15, 0.2) is 5.96 Å². The maximum atomic E-state index is 11.8. The van der Waals surface area contributed by atoms with Crippen LogP contribution < -0.4 is 16.4 Å². The molecule has 0 radical (unpaired) electrons. The average Bonchev–Trinajstić information content (AvgIpc) is 2.88. The molecule has 0 saturated carbocycles. The standard InChI is InChI=1S/C11H13Br2N5O2/c12-5-4-7(16-8(5)13)9(19)15-3-1-2-6-10(20)18-11(14)17-6/h4,6,16H,1-3H2,(H,15,19)(H3,14,17,18,20). The lowest BCUT2D eigenvalue weighted by Crippen LogP contribution is -2.33. The van der Waals surface area contributed by atoms with Crippen LogP contribution in [0.15, 0.2) is 20.1 Å². The van der Waals surface area contributed by atoms with Crippen LogP contribution in [0.25, 0.3) is 0 Å². The smallest absolute Gasteiger partial charge is 0.267 e. The lowest BCUT2D eigenvalue weighted by molar-refractivity contribution is -0.120. The van der Waals surface area contributed by atoms with Gasteiger partial charge < -0.3 is 16.0 Å². The minimum atomic E-state index is -0.444. The Balaban J connectivity index is 1.73. The first kappa shape index (κ1) is 15.0. The summed E-state index contributed by atoms with van der Waals surface area (Å²) < 4.78 is 1.50. The predicted molar refractivity (Wildman–Crippen MR) is 81.3 cm³/mol. The molecule has 1 aromatic rings. The van der Waals surface area contributed by atoms with Gasteiger partial charge in [0.2, 0.25) is 0 Å². The Hall–Kier alpha value is -1.35. The van der Waals surface area contributed by atoms with Crippen LogP contribution in [0.2, 0.25) is 0 Å². The van der Waals surface area contributed by atoms with E-state index < -0.39 is 6.04 Å². The van der Waals surface area contributed by atoms with E-state index in [1.54, 1.807) is 6.07 Å². The number of carbonyl (C=O) groups is 2. The van der Waals surface area contributed by atoms with Gasteiger partial charge in [0, 0.05) is 6.54 Å². The number of halogens is 2. The average molecular weight is 407 g/mol. The van der Waals surface area contributed by atoms with Crippen LogP contribution in [0.3, 0.4) is 0 Å². The largest absolute Gasteiger partial charge is 0.370 e. The highest BCUT2D eigenvalue weighted by molar-refractivity contribution is 9.13. The molecule has 0 aromatic carbocycles. The molecule has 0 fully saturated rings.